The molecule has 2 amide bonds. The van der Waals surface area contributed by atoms with Crippen LogP contribution in [0.1, 0.15) is 22.5 Å². The summed E-state index contributed by atoms with van der Waals surface area (Å²) in [6.45, 7) is 6.28. The molecule has 21 heavy (non-hydrogen) atoms. The van der Waals surface area contributed by atoms with Gasteiger partial charge in [-0.15, -0.1) is 0 Å². The number of benzene rings is 1. The number of anilines is 1. The first-order chi connectivity index (χ1) is 9.88. The van der Waals surface area contributed by atoms with E-state index in [2.05, 4.69) is 15.7 Å². The van der Waals surface area contributed by atoms with E-state index in [9.17, 15) is 4.79 Å². The molecule has 0 radical (unpaired) electrons. The Balaban J connectivity index is 2.01. The molecule has 0 fully saturated rings. The van der Waals surface area contributed by atoms with E-state index in [1.54, 1.807) is 12.1 Å². The predicted molar refractivity (Wildman–Crippen MR) is 84.7 cm³/mol. The van der Waals surface area contributed by atoms with Gasteiger partial charge in [0.25, 0.3) is 0 Å². The van der Waals surface area contributed by atoms with Crippen LogP contribution in [0.2, 0.25) is 5.02 Å². The number of hydrogen-bond donors (Lipinski definition) is 2. The van der Waals surface area contributed by atoms with E-state index in [0.717, 1.165) is 22.5 Å². The molecule has 2 rings (SSSR count). The van der Waals surface area contributed by atoms with Crippen molar-refractivity contribution in [3.63, 3.8) is 0 Å². The highest BCUT2D eigenvalue weighted by molar-refractivity contribution is 6.31. The molecule has 1 heterocycles. The minimum atomic E-state index is -0.261. The molecule has 0 saturated heterocycles. The third kappa shape index (κ3) is 3.55. The zero-order valence-electron chi connectivity index (χ0n) is 12.6. The van der Waals surface area contributed by atoms with Crippen molar-refractivity contribution in [2.75, 3.05) is 5.32 Å². The van der Waals surface area contributed by atoms with Crippen molar-refractivity contribution >= 4 is 23.3 Å². The van der Waals surface area contributed by atoms with Crippen LogP contribution >= 0.6 is 11.6 Å². The zero-order chi connectivity index (χ0) is 15.6. The lowest BCUT2D eigenvalue weighted by Gasteiger charge is -2.10. The molecule has 6 heteroatoms. The molecule has 1 aromatic heterocycles. The molecule has 0 aliphatic rings. The molecule has 0 atom stereocenters. The number of rotatable bonds is 3. The van der Waals surface area contributed by atoms with Crippen LogP contribution in [0.5, 0.6) is 0 Å². The Morgan fingerprint density at radius 3 is 2.67 bits per heavy atom. The summed E-state index contributed by atoms with van der Waals surface area (Å²) in [4.78, 5) is 12.0. The summed E-state index contributed by atoms with van der Waals surface area (Å²) in [5.41, 5.74) is 4.68. The van der Waals surface area contributed by atoms with Gasteiger partial charge in [-0.2, -0.15) is 5.10 Å². The van der Waals surface area contributed by atoms with Crippen molar-refractivity contribution in [1.29, 1.82) is 0 Å². The number of carbonyl (C=O) groups excluding carboxylic acids is 1. The number of amides is 2. The minimum Gasteiger partial charge on any atom is -0.334 e. The second-order valence-electron chi connectivity index (χ2n) is 5.04. The Morgan fingerprint density at radius 2 is 2.05 bits per heavy atom. The van der Waals surface area contributed by atoms with E-state index in [-0.39, 0.29) is 6.03 Å². The normalized spacial score (nSPS) is 10.5. The number of nitrogens with zero attached hydrogens (tertiary/aromatic N) is 2. The molecule has 112 valence electrons. The summed E-state index contributed by atoms with van der Waals surface area (Å²) in [5, 5.41) is 10.6. The fraction of sp³-hybridized carbons (Fsp3) is 0.333. The number of aryl methyl sites for hydroxylation is 3. The SMILES string of the molecule is Cc1ccc(Cl)cc1NC(=O)NCc1c(C)nn(C)c1C. The molecule has 5 nitrogen and oxygen atoms in total. The monoisotopic (exact) mass is 306 g/mol. The predicted octanol–water partition coefficient (Wildman–Crippen LogP) is 3.32. The van der Waals surface area contributed by atoms with Crippen molar-refractivity contribution in [3.05, 3.63) is 45.7 Å². The standard InChI is InChI=1S/C15H19ClN4O/c1-9-5-6-12(16)7-14(9)18-15(21)17-8-13-10(2)19-20(4)11(13)3/h5-7H,8H2,1-4H3,(H2,17,18,21). The molecule has 1 aromatic carbocycles. The average Bonchev–Trinajstić information content (AvgIpc) is 2.66. The number of halogens is 1. The topological polar surface area (TPSA) is 59.0 Å². The van der Waals surface area contributed by atoms with Gasteiger partial charge in [-0.3, -0.25) is 4.68 Å². The van der Waals surface area contributed by atoms with E-state index in [1.807, 2.05) is 38.6 Å². The van der Waals surface area contributed by atoms with Gasteiger partial charge in [0.05, 0.1) is 5.69 Å². The fourth-order valence-corrected chi connectivity index (χ4v) is 2.31. The third-order valence-electron chi connectivity index (χ3n) is 3.53. The largest absolute Gasteiger partial charge is 0.334 e. The highest BCUT2D eigenvalue weighted by Crippen LogP contribution is 2.20. The van der Waals surface area contributed by atoms with Gasteiger partial charge < -0.3 is 10.6 Å². The molecule has 0 spiro atoms. The molecule has 0 unspecified atom stereocenters. The van der Waals surface area contributed by atoms with Crippen LogP contribution in [-0.2, 0) is 13.6 Å². The quantitative estimate of drug-likeness (QED) is 0.914. The number of hydrogen-bond acceptors (Lipinski definition) is 2. The van der Waals surface area contributed by atoms with Gasteiger partial charge in [-0.05, 0) is 38.5 Å². The Bertz CT molecular complexity index is 679. The van der Waals surface area contributed by atoms with E-state index >= 15 is 0 Å². The molecule has 2 aromatic rings. The van der Waals surface area contributed by atoms with Crippen molar-refractivity contribution in [2.45, 2.75) is 27.3 Å². The maximum atomic E-state index is 12.0. The van der Waals surface area contributed by atoms with E-state index in [4.69, 9.17) is 11.6 Å². The lowest BCUT2D eigenvalue weighted by atomic mass is 10.2. The van der Waals surface area contributed by atoms with Gasteiger partial charge in [0.15, 0.2) is 0 Å². The number of nitrogens with one attached hydrogen (secondary N) is 2. The Labute approximate surface area is 129 Å². The van der Waals surface area contributed by atoms with Crippen molar-refractivity contribution < 1.29 is 4.79 Å². The third-order valence-corrected chi connectivity index (χ3v) is 3.77. The molecule has 0 saturated carbocycles. The van der Waals surface area contributed by atoms with Crippen LogP contribution in [0.3, 0.4) is 0 Å². The van der Waals surface area contributed by atoms with Gasteiger partial charge in [0.2, 0.25) is 0 Å². The summed E-state index contributed by atoms with van der Waals surface area (Å²) in [6.07, 6.45) is 0. The maximum absolute atomic E-state index is 12.0. The highest BCUT2D eigenvalue weighted by atomic mass is 35.5. The number of carbonyl (C=O) groups is 1. The highest BCUT2D eigenvalue weighted by Gasteiger charge is 2.11. The van der Waals surface area contributed by atoms with Gasteiger partial charge in [0.1, 0.15) is 0 Å². The van der Waals surface area contributed by atoms with Crippen LogP contribution in [0.15, 0.2) is 18.2 Å². The number of aromatic nitrogens is 2. The van der Waals surface area contributed by atoms with Gasteiger partial charge >= 0.3 is 6.03 Å². The summed E-state index contributed by atoms with van der Waals surface area (Å²) < 4.78 is 1.81. The smallest absolute Gasteiger partial charge is 0.319 e. The molecule has 0 bridgehead atoms. The molecule has 2 N–H and O–H groups in total. The van der Waals surface area contributed by atoms with Crippen LogP contribution in [0, 0.1) is 20.8 Å². The summed E-state index contributed by atoms with van der Waals surface area (Å²) in [5.74, 6) is 0. The van der Waals surface area contributed by atoms with Crippen molar-refractivity contribution in [2.24, 2.45) is 7.05 Å². The maximum Gasteiger partial charge on any atom is 0.319 e. The second kappa shape index (κ2) is 6.18. The fourth-order valence-electron chi connectivity index (χ4n) is 2.14. The molecule has 0 aliphatic carbocycles. The van der Waals surface area contributed by atoms with Crippen molar-refractivity contribution in [1.82, 2.24) is 15.1 Å². The van der Waals surface area contributed by atoms with E-state index < -0.39 is 0 Å². The lowest BCUT2D eigenvalue weighted by Crippen LogP contribution is -2.28. The minimum absolute atomic E-state index is 0.261. The van der Waals surface area contributed by atoms with Crippen LogP contribution in [0.4, 0.5) is 10.5 Å². The zero-order valence-corrected chi connectivity index (χ0v) is 13.4. The van der Waals surface area contributed by atoms with E-state index in [0.29, 0.717) is 17.3 Å². The van der Waals surface area contributed by atoms with Gasteiger partial charge in [-0.25, -0.2) is 4.79 Å². The Morgan fingerprint density at radius 1 is 1.33 bits per heavy atom. The number of urea groups is 1. The van der Waals surface area contributed by atoms with Gasteiger partial charge in [0, 0.05) is 35.6 Å². The van der Waals surface area contributed by atoms with E-state index in [1.165, 1.54) is 0 Å². The molecular formula is C15H19ClN4O. The lowest BCUT2D eigenvalue weighted by molar-refractivity contribution is 0.251. The average molecular weight is 307 g/mol. The van der Waals surface area contributed by atoms with Crippen molar-refractivity contribution in [3.8, 4) is 0 Å². The molecule has 0 aliphatic heterocycles. The van der Waals surface area contributed by atoms with Crippen LogP contribution in [0.25, 0.3) is 0 Å². The Kier molecular flexibility index (Phi) is 4.53. The summed E-state index contributed by atoms with van der Waals surface area (Å²) >= 11 is 5.93. The first-order valence-electron chi connectivity index (χ1n) is 6.68. The first kappa shape index (κ1) is 15.4. The van der Waals surface area contributed by atoms with Crippen LogP contribution < -0.4 is 10.6 Å². The van der Waals surface area contributed by atoms with Crippen LogP contribution in [-0.4, -0.2) is 15.8 Å². The first-order valence-corrected chi connectivity index (χ1v) is 7.06. The summed E-state index contributed by atoms with van der Waals surface area (Å²) in [6, 6.07) is 5.13. The molecular weight excluding hydrogens is 288 g/mol. The van der Waals surface area contributed by atoms with Gasteiger partial charge in [-0.1, -0.05) is 17.7 Å². The second-order valence-corrected chi connectivity index (χ2v) is 5.48. The Hall–Kier alpha value is -2.01. The summed E-state index contributed by atoms with van der Waals surface area (Å²) in [7, 11) is 1.89.